The summed E-state index contributed by atoms with van der Waals surface area (Å²) in [6, 6.07) is 6.66. The molecule has 0 radical (unpaired) electrons. The van der Waals surface area contributed by atoms with Gasteiger partial charge in [0.1, 0.15) is 0 Å². The van der Waals surface area contributed by atoms with Gasteiger partial charge in [0.15, 0.2) is 0 Å². The topological polar surface area (TPSA) is 55.4 Å². The highest BCUT2D eigenvalue weighted by atomic mass is 79.9. The molecule has 1 N–H and O–H groups in total. The van der Waals surface area contributed by atoms with Gasteiger partial charge in [0.25, 0.3) is 10.0 Å². The molecule has 94 valence electrons. The highest BCUT2D eigenvalue weighted by molar-refractivity contribution is 9.10. The van der Waals surface area contributed by atoms with Crippen molar-refractivity contribution in [3.8, 4) is 0 Å². The van der Waals surface area contributed by atoms with Crippen molar-refractivity contribution in [2.75, 3.05) is 0 Å². The molecule has 0 bridgehead atoms. The molecule has 1 aliphatic carbocycles. The molecule has 0 saturated heterocycles. The lowest BCUT2D eigenvalue weighted by atomic mass is 10.3. The minimum Gasteiger partial charge on any atom is -0.284 e. The molecule has 1 saturated carbocycles. The van der Waals surface area contributed by atoms with Gasteiger partial charge in [-0.05, 0) is 40.9 Å². The van der Waals surface area contributed by atoms with E-state index in [1.165, 1.54) is 6.07 Å². The van der Waals surface area contributed by atoms with E-state index >= 15 is 0 Å². The van der Waals surface area contributed by atoms with Crippen LogP contribution in [0, 0.1) is 0 Å². The Hall–Kier alpha value is -0.430. The highest BCUT2D eigenvalue weighted by Gasteiger charge is 2.21. The molecule has 0 heterocycles. The molecule has 4 nitrogen and oxygen atoms in total. The molecule has 1 fully saturated rings. The third-order valence-electron chi connectivity index (χ3n) is 2.75. The van der Waals surface area contributed by atoms with Gasteiger partial charge < -0.3 is 0 Å². The minimum absolute atomic E-state index is 0.00672. The van der Waals surface area contributed by atoms with Crippen molar-refractivity contribution in [2.45, 2.75) is 36.7 Å². The van der Waals surface area contributed by atoms with Crippen LogP contribution in [0.3, 0.4) is 0 Å². The van der Waals surface area contributed by atoms with Crippen molar-refractivity contribution in [3.05, 3.63) is 28.7 Å². The van der Waals surface area contributed by atoms with Crippen LogP contribution >= 0.6 is 15.9 Å². The van der Waals surface area contributed by atoms with Gasteiger partial charge in [-0.3, -0.25) is 4.84 Å². The predicted molar refractivity (Wildman–Crippen MR) is 67.8 cm³/mol. The predicted octanol–water partition coefficient (Wildman–Crippen LogP) is 2.60. The molecule has 0 unspecified atom stereocenters. The van der Waals surface area contributed by atoms with Gasteiger partial charge in [-0.2, -0.15) is 0 Å². The summed E-state index contributed by atoms with van der Waals surface area (Å²) < 4.78 is 24.4. The van der Waals surface area contributed by atoms with Crippen LogP contribution < -0.4 is 4.89 Å². The summed E-state index contributed by atoms with van der Waals surface area (Å²) in [5, 5.41) is 0. The van der Waals surface area contributed by atoms with Crippen molar-refractivity contribution >= 4 is 26.0 Å². The van der Waals surface area contributed by atoms with Gasteiger partial charge in [-0.25, -0.2) is 8.42 Å². The van der Waals surface area contributed by atoms with Crippen LogP contribution in [0.5, 0.6) is 0 Å². The third-order valence-corrected chi connectivity index (χ3v) is 4.96. The normalized spacial score (nSPS) is 17.5. The van der Waals surface area contributed by atoms with Crippen LogP contribution in [-0.2, 0) is 14.9 Å². The largest absolute Gasteiger partial charge is 0.284 e. The Morgan fingerprint density at radius 1 is 1.24 bits per heavy atom. The maximum Gasteiger partial charge on any atom is 0.263 e. The molecule has 6 heteroatoms. The van der Waals surface area contributed by atoms with Crippen molar-refractivity contribution in [3.63, 3.8) is 0 Å². The summed E-state index contributed by atoms with van der Waals surface area (Å²) in [5.41, 5.74) is 0. The van der Waals surface area contributed by atoms with Crippen LogP contribution in [0.25, 0.3) is 0 Å². The Morgan fingerprint density at radius 2 is 1.88 bits per heavy atom. The number of benzene rings is 1. The van der Waals surface area contributed by atoms with Crippen molar-refractivity contribution in [1.29, 1.82) is 0 Å². The maximum absolute atomic E-state index is 11.9. The number of hydrogen-bond donors (Lipinski definition) is 1. The van der Waals surface area contributed by atoms with E-state index in [9.17, 15) is 8.42 Å². The van der Waals surface area contributed by atoms with E-state index in [4.69, 9.17) is 4.84 Å². The van der Waals surface area contributed by atoms with E-state index in [0.717, 1.165) is 25.7 Å². The Balaban J connectivity index is 2.06. The summed E-state index contributed by atoms with van der Waals surface area (Å²) in [6.45, 7) is 0. The van der Waals surface area contributed by atoms with Crippen molar-refractivity contribution in [1.82, 2.24) is 4.89 Å². The Bertz CT molecular complexity index is 483. The van der Waals surface area contributed by atoms with E-state index in [1.807, 2.05) is 0 Å². The molecule has 1 aromatic rings. The lowest BCUT2D eigenvalue weighted by Gasteiger charge is -2.12. The van der Waals surface area contributed by atoms with Gasteiger partial charge in [-0.1, -0.05) is 29.9 Å². The Morgan fingerprint density at radius 3 is 2.53 bits per heavy atom. The first-order chi connectivity index (χ1) is 8.09. The van der Waals surface area contributed by atoms with Gasteiger partial charge in [-0.15, -0.1) is 0 Å². The lowest BCUT2D eigenvalue weighted by molar-refractivity contribution is 0.0223. The molecule has 1 aliphatic rings. The first kappa shape index (κ1) is 13.0. The fraction of sp³-hybridized carbons (Fsp3) is 0.455. The second-order valence-electron chi connectivity index (χ2n) is 4.04. The smallest absolute Gasteiger partial charge is 0.263 e. The third kappa shape index (κ3) is 3.28. The van der Waals surface area contributed by atoms with Gasteiger partial charge in [0.2, 0.25) is 0 Å². The molecule has 0 atom stereocenters. The number of sulfonamides is 1. The average molecular weight is 320 g/mol. The van der Waals surface area contributed by atoms with Crippen LogP contribution in [0.4, 0.5) is 0 Å². The molecule has 1 aromatic carbocycles. The summed E-state index contributed by atoms with van der Waals surface area (Å²) >= 11 is 3.21. The molecular weight excluding hydrogens is 306 g/mol. The maximum atomic E-state index is 11.9. The molecule has 0 amide bonds. The van der Waals surface area contributed by atoms with E-state index in [-0.39, 0.29) is 11.0 Å². The quantitative estimate of drug-likeness (QED) is 0.868. The van der Waals surface area contributed by atoms with E-state index in [0.29, 0.717) is 4.47 Å². The zero-order chi connectivity index (χ0) is 12.3. The molecular formula is C11H14BrNO3S. The molecule has 0 aromatic heterocycles. The van der Waals surface area contributed by atoms with Crippen LogP contribution in [0.1, 0.15) is 25.7 Å². The van der Waals surface area contributed by atoms with E-state index < -0.39 is 10.0 Å². The standard InChI is InChI=1S/C11H14BrNO3S/c12-10-7-3-4-8-11(10)17(14,15)13-16-9-5-1-2-6-9/h3-4,7-9,13H,1-2,5-6H2. The zero-order valence-corrected chi connectivity index (χ0v) is 11.6. The fourth-order valence-electron chi connectivity index (χ4n) is 1.85. The lowest BCUT2D eigenvalue weighted by Crippen LogP contribution is -2.28. The summed E-state index contributed by atoms with van der Waals surface area (Å²) in [7, 11) is -3.60. The van der Waals surface area contributed by atoms with Gasteiger partial charge in [0.05, 0.1) is 11.0 Å². The number of rotatable bonds is 4. The van der Waals surface area contributed by atoms with Crippen molar-refractivity contribution in [2.24, 2.45) is 0 Å². The van der Waals surface area contributed by atoms with Crippen molar-refractivity contribution < 1.29 is 13.3 Å². The Kier molecular flexibility index (Phi) is 4.19. The first-order valence-corrected chi connectivity index (χ1v) is 7.79. The SMILES string of the molecule is O=S(=O)(NOC1CCCC1)c1ccccc1Br. The van der Waals surface area contributed by atoms with Gasteiger partial charge >= 0.3 is 0 Å². The Labute approximate surface area is 109 Å². The number of nitrogens with one attached hydrogen (secondary N) is 1. The van der Waals surface area contributed by atoms with Gasteiger partial charge in [0, 0.05) is 4.47 Å². The minimum atomic E-state index is -3.60. The van der Waals surface area contributed by atoms with Crippen LogP contribution in [-0.4, -0.2) is 14.5 Å². The average Bonchev–Trinajstić information content (AvgIpc) is 2.80. The second-order valence-corrected chi connectivity index (χ2v) is 6.51. The van der Waals surface area contributed by atoms with Crippen LogP contribution in [0.2, 0.25) is 0 Å². The number of hydrogen-bond acceptors (Lipinski definition) is 3. The first-order valence-electron chi connectivity index (χ1n) is 5.51. The monoisotopic (exact) mass is 319 g/mol. The van der Waals surface area contributed by atoms with E-state index in [2.05, 4.69) is 20.8 Å². The summed E-state index contributed by atoms with van der Waals surface area (Å²) in [6.07, 6.45) is 4.03. The molecule has 17 heavy (non-hydrogen) atoms. The molecule has 2 rings (SSSR count). The molecule has 0 spiro atoms. The number of halogens is 1. The highest BCUT2D eigenvalue weighted by Crippen LogP contribution is 2.23. The van der Waals surface area contributed by atoms with E-state index in [1.54, 1.807) is 18.2 Å². The zero-order valence-electron chi connectivity index (χ0n) is 9.23. The summed E-state index contributed by atoms with van der Waals surface area (Å²) in [4.78, 5) is 7.61. The molecule has 0 aliphatic heterocycles. The fourth-order valence-corrected chi connectivity index (χ4v) is 3.70. The second kappa shape index (κ2) is 5.48. The van der Waals surface area contributed by atoms with Crippen LogP contribution in [0.15, 0.2) is 33.6 Å². The summed E-state index contributed by atoms with van der Waals surface area (Å²) in [5.74, 6) is 0.